The van der Waals surface area contributed by atoms with Crippen LogP contribution in [0.3, 0.4) is 0 Å². The van der Waals surface area contributed by atoms with E-state index in [2.05, 4.69) is 11.4 Å². The fourth-order valence-electron chi connectivity index (χ4n) is 1.92. The lowest BCUT2D eigenvalue weighted by molar-refractivity contribution is -0.120. The molecular weight excluding hydrogens is 238 g/mol. The van der Waals surface area contributed by atoms with Crippen LogP contribution in [0.4, 0.5) is 5.69 Å². The van der Waals surface area contributed by atoms with E-state index in [0.29, 0.717) is 12.1 Å². The first-order valence-electron chi connectivity index (χ1n) is 6.53. The highest BCUT2D eigenvalue weighted by Gasteiger charge is 2.14. The van der Waals surface area contributed by atoms with Gasteiger partial charge in [-0.25, -0.2) is 0 Å². The van der Waals surface area contributed by atoms with Crippen molar-refractivity contribution in [3.63, 3.8) is 0 Å². The Morgan fingerprint density at radius 3 is 2.68 bits per heavy atom. The summed E-state index contributed by atoms with van der Waals surface area (Å²) in [6.07, 6.45) is 0. The van der Waals surface area contributed by atoms with Crippen LogP contribution in [0, 0.1) is 18.3 Å². The average Bonchev–Trinajstić information content (AvgIpc) is 2.35. The normalized spacial score (nSPS) is 10.1. The molecule has 0 aliphatic carbocycles. The van der Waals surface area contributed by atoms with E-state index in [1.54, 1.807) is 0 Å². The first-order chi connectivity index (χ1) is 8.97. The maximum absolute atomic E-state index is 11.8. The second-order valence-corrected chi connectivity index (χ2v) is 4.87. The summed E-state index contributed by atoms with van der Waals surface area (Å²) in [6.45, 7) is 8.74. The van der Waals surface area contributed by atoms with Gasteiger partial charge in [-0.2, -0.15) is 5.26 Å². The molecule has 0 spiro atoms. The lowest BCUT2D eigenvalue weighted by atomic mass is 10.1. The largest absolute Gasteiger partial charge is 0.361 e. The number of amides is 1. The quantitative estimate of drug-likeness (QED) is 0.882. The molecule has 1 aromatic rings. The number of nitrogens with one attached hydrogen (secondary N) is 1. The minimum absolute atomic E-state index is 0.0266. The topological polar surface area (TPSA) is 56.1 Å². The monoisotopic (exact) mass is 259 g/mol. The van der Waals surface area contributed by atoms with Gasteiger partial charge in [0.25, 0.3) is 0 Å². The van der Waals surface area contributed by atoms with Gasteiger partial charge < -0.3 is 10.2 Å². The van der Waals surface area contributed by atoms with Crippen LogP contribution in [0.15, 0.2) is 18.2 Å². The van der Waals surface area contributed by atoms with E-state index in [0.717, 1.165) is 11.3 Å². The number of rotatable bonds is 5. The Labute approximate surface area is 115 Å². The first-order valence-corrected chi connectivity index (χ1v) is 6.53. The molecule has 1 amide bonds. The molecule has 0 fully saturated rings. The van der Waals surface area contributed by atoms with Crippen LogP contribution < -0.4 is 10.2 Å². The van der Waals surface area contributed by atoms with Crippen LogP contribution >= 0.6 is 0 Å². The number of nitriles is 1. The number of carbonyl (C=O) groups is 1. The van der Waals surface area contributed by atoms with Gasteiger partial charge in [0.2, 0.25) is 5.91 Å². The Hall–Kier alpha value is -2.02. The predicted octanol–water partition coefficient (Wildman–Crippen LogP) is 2.22. The van der Waals surface area contributed by atoms with Gasteiger partial charge in [-0.15, -0.1) is 0 Å². The molecule has 0 heterocycles. The summed E-state index contributed by atoms with van der Waals surface area (Å²) in [5, 5.41) is 12.1. The number of likely N-dealkylation sites (N-methyl/N-ethyl adjacent to an activating group) is 1. The van der Waals surface area contributed by atoms with E-state index in [-0.39, 0.29) is 18.5 Å². The van der Waals surface area contributed by atoms with Gasteiger partial charge >= 0.3 is 0 Å². The number of aryl methyl sites for hydroxylation is 1. The van der Waals surface area contributed by atoms with E-state index in [4.69, 9.17) is 0 Å². The van der Waals surface area contributed by atoms with Crippen LogP contribution in [0.1, 0.15) is 31.9 Å². The third kappa shape index (κ3) is 4.29. The fourth-order valence-corrected chi connectivity index (χ4v) is 1.92. The highest BCUT2D eigenvalue weighted by atomic mass is 16.2. The van der Waals surface area contributed by atoms with Crippen molar-refractivity contribution < 1.29 is 4.79 Å². The third-order valence-electron chi connectivity index (χ3n) is 2.78. The number of hydrogen-bond acceptors (Lipinski definition) is 3. The van der Waals surface area contributed by atoms with E-state index in [9.17, 15) is 10.1 Å². The smallest absolute Gasteiger partial charge is 0.239 e. The van der Waals surface area contributed by atoms with Crippen LogP contribution in [0.2, 0.25) is 0 Å². The van der Waals surface area contributed by atoms with Crippen molar-refractivity contribution >= 4 is 11.6 Å². The number of hydrogen-bond donors (Lipinski definition) is 1. The lowest BCUT2D eigenvalue weighted by Crippen LogP contribution is -2.40. The summed E-state index contributed by atoms with van der Waals surface area (Å²) >= 11 is 0. The minimum atomic E-state index is -0.0266. The molecule has 0 aliphatic heterocycles. The van der Waals surface area contributed by atoms with E-state index < -0.39 is 0 Å². The van der Waals surface area contributed by atoms with Crippen molar-refractivity contribution in [2.24, 2.45) is 0 Å². The molecule has 19 heavy (non-hydrogen) atoms. The highest BCUT2D eigenvalue weighted by Crippen LogP contribution is 2.20. The second-order valence-electron chi connectivity index (χ2n) is 4.87. The van der Waals surface area contributed by atoms with Crippen molar-refractivity contribution in [3.8, 4) is 6.07 Å². The summed E-state index contributed by atoms with van der Waals surface area (Å²) in [4.78, 5) is 13.7. The molecule has 0 aromatic heterocycles. The van der Waals surface area contributed by atoms with Crippen LogP contribution in [0.25, 0.3) is 0 Å². The average molecular weight is 259 g/mol. The lowest BCUT2D eigenvalue weighted by Gasteiger charge is -2.24. The number of benzene rings is 1. The van der Waals surface area contributed by atoms with Gasteiger partial charge in [-0.1, -0.05) is 6.07 Å². The zero-order valence-electron chi connectivity index (χ0n) is 12.0. The van der Waals surface area contributed by atoms with Crippen molar-refractivity contribution in [2.75, 3.05) is 18.0 Å². The Morgan fingerprint density at radius 2 is 2.16 bits per heavy atom. The van der Waals surface area contributed by atoms with Gasteiger partial charge in [0.05, 0.1) is 17.8 Å². The standard InChI is InChI=1S/C15H21N3O/c1-5-18(10-15(19)17-11(2)3)14-7-6-12(4)8-13(14)9-16/h6-8,11H,5,10H2,1-4H3,(H,17,19). The maximum atomic E-state index is 11.8. The predicted molar refractivity (Wildman–Crippen MR) is 77.1 cm³/mol. The maximum Gasteiger partial charge on any atom is 0.239 e. The zero-order chi connectivity index (χ0) is 14.4. The molecule has 0 radical (unpaired) electrons. The zero-order valence-corrected chi connectivity index (χ0v) is 12.0. The van der Waals surface area contributed by atoms with E-state index in [1.807, 2.05) is 50.8 Å². The Balaban J connectivity index is 2.92. The molecule has 4 nitrogen and oxygen atoms in total. The van der Waals surface area contributed by atoms with Crippen molar-refractivity contribution in [2.45, 2.75) is 33.7 Å². The summed E-state index contributed by atoms with van der Waals surface area (Å²) in [5.41, 5.74) is 2.47. The SMILES string of the molecule is CCN(CC(=O)NC(C)C)c1ccc(C)cc1C#N. The molecule has 1 aromatic carbocycles. The molecule has 0 bridgehead atoms. The summed E-state index contributed by atoms with van der Waals surface area (Å²) in [7, 11) is 0. The minimum Gasteiger partial charge on any atom is -0.361 e. The molecule has 0 atom stereocenters. The number of anilines is 1. The number of nitrogens with zero attached hydrogens (tertiary/aromatic N) is 2. The van der Waals surface area contributed by atoms with Gasteiger partial charge in [0.1, 0.15) is 6.07 Å². The van der Waals surface area contributed by atoms with Crippen LogP contribution in [-0.4, -0.2) is 25.0 Å². The van der Waals surface area contributed by atoms with Gasteiger partial charge in [0, 0.05) is 12.6 Å². The molecule has 0 aliphatic rings. The van der Waals surface area contributed by atoms with E-state index in [1.165, 1.54) is 0 Å². The first kappa shape index (κ1) is 15.0. The summed E-state index contributed by atoms with van der Waals surface area (Å²) in [5.74, 6) is -0.0266. The molecule has 102 valence electrons. The second kappa shape index (κ2) is 6.79. The molecule has 1 N–H and O–H groups in total. The van der Waals surface area contributed by atoms with E-state index >= 15 is 0 Å². The summed E-state index contributed by atoms with van der Waals surface area (Å²) in [6, 6.07) is 8.02. The van der Waals surface area contributed by atoms with Crippen LogP contribution in [-0.2, 0) is 4.79 Å². The van der Waals surface area contributed by atoms with Gasteiger partial charge in [-0.05, 0) is 45.4 Å². The highest BCUT2D eigenvalue weighted by molar-refractivity contribution is 5.82. The molecule has 0 unspecified atom stereocenters. The molecular formula is C15H21N3O. The summed E-state index contributed by atoms with van der Waals surface area (Å²) < 4.78 is 0. The van der Waals surface area contributed by atoms with Crippen molar-refractivity contribution in [3.05, 3.63) is 29.3 Å². The van der Waals surface area contributed by atoms with Gasteiger partial charge in [-0.3, -0.25) is 4.79 Å². The molecule has 0 saturated heterocycles. The molecule has 1 rings (SSSR count). The van der Waals surface area contributed by atoms with Crippen molar-refractivity contribution in [1.29, 1.82) is 5.26 Å². The van der Waals surface area contributed by atoms with Gasteiger partial charge in [0.15, 0.2) is 0 Å². The third-order valence-corrected chi connectivity index (χ3v) is 2.78. The molecule has 4 heteroatoms. The molecule has 0 saturated carbocycles. The Bertz CT molecular complexity index is 489. The number of carbonyl (C=O) groups excluding carboxylic acids is 1. The van der Waals surface area contributed by atoms with Crippen molar-refractivity contribution in [1.82, 2.24) is 5.32 Å². The van der Waals surface area contributed by atoms with Crippen LogP contribution in [0.5, 0.6) is 0 Å². The Kier molecular flexibility index (Phi) is 5.37. The Morgan fingerprint density at radius 1 is 1.47 bits per heavy atom. The fraction of sp³-hybridized carbons (Fsp3) is 0.467.